The summed E-state index contributed by atoms with van der Waals surface area (Å²) in [6, 6.07) is 10.6. The normalized spacial score (nSPS) is 14.5. The molecule has 11 heteroatoms. The summed E-state index contributed by atoms with van der Waals surface area (Å²) < 4.78 is 47.3. The first kappa shape index (κ1) is 20.6. The number of nitrogens with zero attached hydrogens (tertiary/aromatic N) is 4. The molecule has 4 aromatic rings. The topological polar surface area (TPSA) is 97.2 Å². The fraction of sp³-hybridized carbons (Fsp3) is 0.190. The molecule has 0 saturated carbocycles. The van der Waals surface area contributed by atoms with Crippen molar-refractivity contribution in [3.8, 4) is 0 Å². The molecule has 5 rings (SSSR count). The minimum Gasteiger partial charge on any atom is -0.335 e. The zero-order chi connectivity index (χ0) is 22.5. The molecule has 0 fully saturated rings. The van der Waals surface area contributed by atoms with Crippen molar-refractivity contribution in [2.75, 3.05) is 16.2 Å². The number of rotatable bonds is 5. The van der Waals surface area contributed by atoms with Crippen molar-refractivity contribution in [2.45, 2.75) is 24.3 Å². The molecule has 8 nitrogen and oxygen atoms in total. The maximum Gasteiger partial charge on any atom is 0.263 e. The number of fused-ring (bicyclic) bond motifs is 2. The van der Waals surface area contributed by atoms with Crippen LogP contribution < -0.4 is 9.62 Å². The lowest BCUT2D eigenvalue weighted by Crippen LogP contribution is -2.34. The Morgan fingerprint density at radius 1 is 1.25 bits per heavy atom. The molecule has 0 bridgehead atoms. The molecule has 3 heterocycles. The predicted octanol–water partition coefficient (Wildman–Crippen LogP) is 3.58. The molecular weight excluding hydrogens is 453 g/mol. The van der Waals surface area contributed by atoms with Gasteiger partial charge in [-0.25, -0.2) is 17.8 Å². The van der Waals surface area contributed by atoms with Crippen LogP contribution in [0, 0.1) is 5.82 Å². The van der Waals surface area contributed by atoms with E-state index < -0.39 is 16.1 Å². The van der Waals surface area contributed by atoms with Gasteiger partial charge in [0.2, 0.25) is 11.0 Å². The number of benzene rings is 2. The third kappa shape index (κ3) is 3.43. The second-order valence-electron chi connectivity index (χ2n) is 7.45. The first-order chi connectivity index (χ1) is 15.3. The van der Waals surface area contributed by atoms with E-state index in [1.165, 1.54) is 18.5 Å². The van der Waals surface area contributed by atoms with E-state index in [0.29, 0.717) is 29.6 Å². The minimum atomic E-state index is -3.81. The second kappa shape index (κ2) is 7.68. The van der Waals surface area contributed by atoms with E-state index in [1.54, 1.807) is 52.9 Å². The van der Waals surface area contributed by atoms with Crippen LogP contribution in [0.1, 0.15) is 18.5 Å². The van der Waals surface area contributed by atoms with Crippen molar-refractivity contribution in [2.24, 2.45) is 0 Å². The third-order valence-corrected chi connectivity index (χ3v) is 7.64. The number of amides is 1. The van der Waals surface area contributed by atoms with Crippen molar-refractivity contribution in [1.29, 1.82) is 0 Å². The van der Waals surface area contributed by atoms with Crippen LogP contribution >= 0.6 is 11.5 Å². The Hall–Kier alpha value is -3.31. The summed E-state index contributed by atoms with van der Waals surface area (Å²) in [5, 5.41) is 0.651. The van der Waals surface area contributed by atoms with Crippen LogP contribution in [0.3, 0.4) is 0 Å². The van der Waals surface area contributed by atoms with Gasteiger partial charge in [0.05, 0.1) is 10.4 Å². The average Bonchev–Trinajstić information content (AvgIpc) is 3.52. The van der Waals surface area contributed by atoms with Crippen LogP contribution in [0.5, 0.6) is 0 Å². The lowest BCUT2D eigenvalue weighted by Gasteiger charge is -2.23. The highest BCUT2D eigenvalue weighted by Gasteiger charge is 2.30. The molecule has 2 aromatic carbocycles. The second-order valence-corrected chi connectivity index (χ2v) is 9.92. The Morgan fingerprint density at radius 2 is 2.09 bits per heavy atom. The van der Waals surface area contributed by atoms with Crippen molar-refractivity contribution in [3.63, 3.8) is 0 Å². The van der Waals surface area contributed by atoms with Crippen LogP contribution in [0.4, 0.5) is 15.2 Å². The van der Waals surface area contributed by atoms with Crippen molar-refractivity contribution in [3.05, 3.63) is 66.4 Å². The Morgan fingerprint density at radius 3 is 2.88 bits per heavy atom. The van der Waals surface area contributed by atoms with Crippen molar-refractivity contribution >= 4 is 49.2 Å². The molecule has 1 N–H and O–H groups in total. The maximum absolute atomic E-state index is 14.0. The van der Waals surface area contributed by atoms with Gasteiger partial charge in [-0.05, 0) is 55.3 Å². The van der Waals surface area contributed by atoms with E-state index in [9.17, 15) is 17.6 Å². The van der Waals surface area contributed by atoms with Crippen LogP contribution in [-0.2, 0) is 21.2 Å². The standard InChI is InChI=1S/C21H18FN5O3S2/c1-13(26-10-8-16-17(22)3-2-4-19(16)26)20(28)27-9-7-14-11-15(5-6-18(14)27)32(29,30)25-21-23-12-24-31-21/h2-6,8,10-13H,7,9H2,1H3,(H,23,24,25)/t13-/m0/s1. The zero-order valence-corrected chi connectivity index (χ0v) is 18.5. The SMILES string of the molecule is C[C@@H](C(=O)N1CCc2cc(S(=O)(=O)Nc3ncns3)ccc21)n1ccc2c(F)cccc21. The van der Waals surface area contributed by atoms with Crippen molar-refractivity contribution in [1.82, 2.24) is 13.9 Å². The molecule has 1 atom stereocenters. The fourth-order valence-electron chi connectivity index (χ4n) is 4.00. The first-order valence-corrected chi connectivity index (χ1v) is 12.1. The van der Waals surface area contributed by atoms with Gasteiger partial charge in [0.1, 0.15) is 18.2 Å². The Labute approximate surface area is 187 Å². The van der Waals surface area contributed by atoms with E-state index in [0.717, 1.165) is 17.1 Å². The van der Waals surface area contributed by atoms with Gasteiger partial charge in [-0.3, -0.25) is 9.52 Å². The summed E-state index contributed by atoms with van der Waals surface area (Å²) in [7, 11) is -3.81. The molecule has 1 aliphatic heterocycles. The van der Waals surface area contributed by atoms with Crippen LogP contribution in [-0.4, -0.2) is 34.8 Å². The average molecular weight is 472 g/mol. The Bertz CT molecular complexity index is 1430. The van der Waals surface area contributed by atoms with E-state index in [2.05, 4.69) is 14.1 Å². The van der Waals surface area contributed by atoms with Gasteiger partial charge in [-0.1, -0.05) is 6.07 Å². The summed E-state index contributed by atoms with van der Waals surface area (Å²) in [5.41, 5.74) is 2.10. The molecule has 0 saturated heterocycles. The third-order valence-electron chi connectivity index (χ3n) is 5.59. The van der Waals surface area contributed by atoms with E-state index in [4.69, 9.17) is 0 Å². The number of carbonyl (C=O) groups is 1. The fourth-order valence-corrected chi connectivity index (χ4v) is 5.71. The number of halogens is 1. The van der Waals surface area contributed by atoms with Gasteiger partial charge in [0, 0.05) is 35.3 Å². The highest BCUT2D eigenvalue weighted by molar-refractivity contribution is 7.93. The van der Waals surface area contributed by atoms with Gasteiger partial charge in [-0.2, -0.15) is 4.37 Å². The number of nitrogens with one attached hydrogen (secondary N) is 1. The summed E-state index contributed by atoms with van der Waals surface area (Å²) in [6.45, 7) is 2.22. The molecular formula is C21H18FN5O3S2. The summed E-state index contributed by atoms with van der Waals surface area (Å²) in [4.78, 5) is 18.9. The van der Waals surface area contributed by atoms with Crippen LogP contribution in [0.25, 0.3) is 10.9 Å². The van der Waals surface area contributed by atoms with Crippen molar-refractivity contribution < 1.29 is 17.6 Å². The molecule has 164 valence electrons. The summed E-state index contributed by atoms with van der Waals surface area (Å²) in [6.07, 6.45) is 3.53. The molecule has 1 amide bonds. The number of carbonyl (C=O) groups excluding carboxylic acids is 1. The highest BCUT2D eigenvalue weighted by Crippen LogP contribution is 2.33. The molecule has 0 radical (unpaired) electrons. The van der Waals surface area contributed by atoms with Gasteiger partial charge < -0.3 is 9.47 Å². The number of hydrogen-bond acceptors (Lipinski definition) is 6. The highest BCUT2D eigenvalue weighted by atomic mass is 32.2. The maximum atomic E-state index is 14.0. The number of hydrogen-bond donors (Lipinski definition) is 1. The van der Waals surface area contributed by atoms with Crippen LogP contribution in [0.15, 0.2) is 59.9 Å². The van der Waals surface area contributed by atoms with Gasteiger partial charge in [-0.15, -0.1) is 0 Å². The Balaban J connectivity index is 1.41. The van der Waals surface area contributed by atoms with E-state index in [1.807, 2.05) is 0 Å². The first-order valence-electron chi connectivity index (χ1n) is 9.84. The van der Waals surface area contributed by atoms with E-state index >= 15 is 0 Å². The Kier molecular flexibility index (Phi) is 4.94. The minimum absolute atomic E-state index is 0.0978. The van der Waals surface area contributed by atoms with Gasteiger partial charge >= 0.3 is 0 Å². The van der Waals surface area contributed by atoms with E-state index in [-0.39, 0.29) is 21.8 Å². The van der Waals surface area contributed by atoms with Crippen LogP contribution in [0.2, 0.25) is 0 Å². The monoisotopic (exact) mass is 471 g/mol. The van der Waals surface area contributed by atoms with Gasteiger partial charge in [0.15, 0.2) is 0 Å². The molecule has 1 aliphatic rings. The molecule has 0 unspecified atom stereocenters. The molecule has 32 heavy (non-hydrogen) atoms. The molecule has 2 aromatic heterocycles. The summed E-state index contributed by atoms with van der Waals surface area (Å²) in [5.74, 6) is -0.476. The molecule has 0 spiro atoms. The number of sulfonamides is 1. The lowest BCUT2D eigenvalue weighted by atomic mass is 10.1. The summed E-state index contributed by atoms with van der Waals surface area (Å²) >= 11 is 0.948. The quantitative estimate of drug-likeness (QED) is 0.480. The zero-order valence-electron chi connectivity index (χ0n) is 16.9. The lowest BCUT2D eigenvalue weighted by molar-refractivity contribution is -0.121. The smallest absolute Gasteiger partial charge is 0.263 e. The van der Waals surface area contributed by atoms with Gasteiger partial charge in [0.25, 0.3) is 10.0 Å². The number of anilines is 2. The largest absolute Gasteiger partial charge is 0.335 e. The predicted molar refractivity (Wildman–Crippen MR) is 120 cm³/mol. The molecule has 0 aliphatic carbocycles. The number of aromatic nitrogens is 3.